The summed E-state index contributed by atoms with van der Waals surface area (Å²) in [6, 6.07) is 33.2. The van der Waals surface area contributed by atoms with Crippen molar-refractivity contribution in [2.24, 2.45) is 0 Å². The molecule has 0 saturated carbocycles. The third-order valence-electron chi connectivity index (χ3n) is 7.06. The molecule has 4 nitrogen and oxygen atoms in total. The van der Waals surface area contributed by atoms with Crippen molar-refractivity contribution in [2.75, 3.05) is 13.1 Å². The summed E-state index contributed by atoms with van der Waals surface area (Å²) in [5.41, 5.74) is 1.45. The summed E-state index contributed by atoms with van der Waals surface area (Å²) in [5, 5.41) is 15.8. The number of hydrogen-bond donors (Lipinski definition) is 1. The highest BCUT2D eigenvalue weighted by Crippen LogP contribution is 2.55. The van der Waals surface area contributed by atoms with Crippen LogP contribution in [0, 0.1) is 0 Å². The zero-order valence-electron chi connectivity index (χ0n) is 20.0. The molecule has 36 heavy (non-hydrogen) atoms. The molecule has 5 aromatic carbocycles. The number of phenolic OH excluding ortho intramolecular Hbond substituents is 1. The van der Waals surface area contributed by atoms with E-state index in [1.54, 1.807) is 6.07 Å². The maximum absolute atomic E-state index is 14.8. The molecule has 1 aliphatic rings. The Kier molecular flexibility index (Phi) is 6.00. The average Bonchev–Trinajstić information content (AvgIpc) is 2.94. The maximum atomic E-state index is 14.8. The van der Waals surface area contributed by atoms with E-state index in [-0.39, 0.29) is 5.75 Å². The molecule has 0 amide bonds. The van der Waals surface area contributed by atoms with Crippen molar-refractivity contribution < 1.29 is 14.2 Å². The lowest BCUT2D eigenvalue weighted by molar-refractivity contribution is 0.314. The lowest BCUT2D eigenvalue weighted by atomic mass is 9.92. The van der Waals surface area contributed by atoms with Crippen LogP contribution in [-0.4, -0.2) is 22.9 Å². The van der Waals surface area contributed by atoms with Crippen molar-refractivity contribution in [3.05, 3.63) is 103 Å². The van der Waals surface area contributed by atoms with Crippen LogP contribution in [0.25, 0.3) is 32.7 Å². The second-order valence-corrected chi connectivity index (χ2v) is 11.6. The van der Waals surface area contributed by atoms with Gasteiger partial charge in [-0.3, -0.25) is 4.57 Å². The molecule has 1 aliphatic heterocycles. The van der Waals surface area contributed by atoms with Gasteiger partial charge < -0.3 is 9.63 Å². The second-order valence-electron chi connectivity index (χ2n) is 9.30. The molecule has 1 fully saturated rings. The molecule has 180 valence electrons. The second kappa shape index (κ2) is 9.46. The molecule has 6 rings (SSSR count). The summed E-state index contributed by atoms with van der Waals surface area (Å²) in [7, 11) is -3.42. The summed E-state index contributed by atoms with van der Waals surface area (Å²) in [4.78, 5) is 0. The van der Waals surface area contributed by atoms with Crippen LogP contribution < -0.4 is 9.83 Å². The molecule has 5 aromatic rings. The monoisotopic (exact) mass is 493 g/mol. The Bertz CT molecular complexity index is 1590. The summed E-state index contributed by atoms with van der Waals surface area (Å²) in [5.74, 6) is 0.681. The molecule has 0 spiro atoms. The average molecular weight is 494 g/mol. The van der Waals surface area contributed by atoms with E-state index in [0.29, 0.717) is 16.6 Å². The molecule has 0 bridgehead atoms. The first-order valence-corrected chi connectivity index (χ1v) is 14.1. The molecular weight excluding hydrogens is 465 g/mol. The van der Waals surface area contributed by atoms with E-state index >= 15 is 0 Å². The number of aromatic hydroxyl groups is 1. The van der Waals surface area contributed by atoms with Gasteiger partial charge in [0.25, 0.3) is 0 Å². The van der Waals surface area contributed by atoms with Crippen molar-refractivity contribution in [3.63, 3.8) is 0 Å². The van der Waals surface area contributed by atoms with Crippen LogP contribution >= 0.6 is 7.52 Å². The van der Waals surface area contributed by atoms with E-state index in [1.165, 1.54) is 0 Å². The highest BCUT2D eigenvalue weighted by molar-refractivity contribution is 7.65. The molecule has 0 aliphatic carbocycles. The van der Waals surface area contributed by atoms with Crippen molar-refractivity contribution in [3.8, 4) is 22.6 Å². The molecule has 1 atom stereocenters. The molecule has 0 aromatic heterocycles. The topological polar surface area (TPSA) is 49.8 Å². The van der Waals surface area contributed by atoms with Crippen LogP contribution in [0.2, 0.25) is 0 Å². The van der Waals surface area contributed by atoms with Gasteiger partial charge in [-0.05, 0) is 58.7 Å². The minimum atomic E-state index is -3.42. The van der Waals surface area contributed by atoms with Gasteiger partial charge in [0.2, 0.25) is 0 Å². The van der Waals surface area contributed by atoms with E-state index in [4.69, 9.17) is 4.52 Å². The van der Waals surface area contributed by atoms with Gasteiger partial charge >= 0.3 is 7.52 Å². The predicted molar refractivity (Wildman–Crippen MR) is 148 cm³/mol. The Hall–Kier alpha value is -3.59. The highest BCUT2D eigenvalue weighted by Gasteiger charge is 2.37. The van der Waals surface area contributed by atoms with Crippen LogP contribution in [0.1, 0.15) is 19.3 Å². The molecule has 1 saturated heterocycles. The first-order chi connectivity index (χ1) is 17.6. The van der Waals surface area contributed by atoms with E-state index in [9.17, 15) is 9.67 Å². The lowest BCUT2D eigenvalue weighted by Crippen LogP contribution is -2.33. The minimum Gasteiger partial charge on any atom is -0.507 e. The molecule has 0 radical (unpaired) electrons. The quantitative estimate of drug-likeness (QED) is 0.254. The van der Waals surface area contributed by atoms with Crippen molar-refractivity contribution in [2.45, 2.75) is 19.3 Å². The van der Waals surface area contributed by atoms with Gasteiger partial charge in [0.05, 0.1) is 5.30 Å². The fraction of sp³-hybridized carbons (Fsp3) is 0.161. The standard InChI is InChI=1S/C31H28NO3P/c33-28-19-17-23-11-5-7-15-26(23)30(28)31-27-16-8-6-12-24(27)18-20-29(31)35-36(34,25-13-3-1-4-14-25)32-21-9-2-10-22-32/h1,3-8,11-20,33H,2,9-10,21-22H2. The van der Waals surface area contributed by atoms with E-state index in [0.717, 1.165) is 59.5 Å². The first-order valence-electron chi connectivity index (χ1n) is 12.5. The minimum absolute atomic E-state index is 0.169. The number of benzene rings is 5. The Morgan fingerprint density at radius 2 is 1.22 bits per heavy atom. The van der Waals surface area contributed by atoms with Crippen molar-refractivity contribution in [1.82, 2.24) is 4.67 Å². The van der Waals surface area contributed by atoms with Gasteiger partial charge in [0, 0.05) is 24.2 Å². The van der Waals surface area contributed by atoms with Crippen molar-refractivity contribution in [1.29, 1.82) is 0 Å². The largest absolute Gasteiger partial charge is 0.507 e. The molecule has 1 unspecified atom stereocenters. The molecule has 1 heterocycles. The van der Waals surface area contributed by atoms with Gasteiger partial charge in [-0.2, -0.15) is 0 Å². The third-order valence-corrected chi connectivity index (χ3v) is 9.60. The van der Waals surface area contributed by atoms with Crippen LogP contribution in [0.4, 0.5) is 0 Å². The van der Waals surface area contributed by atoms with Gasteiger partial charge in [-0.15, -0.1) is 0 Å². The van der Waals surface area contributed by atoms with E-state index in [2.05, 4.69) is 0 Å². The first kappa shape index (κ1) is 22.8. The molecule has 1 N–H and O–H groups in total. The number of piperidine rings is 1. The van der Waals surface area contributed by atoms with Gasteiger partial charge in [0.1, 0.15) is 11.5 Å². The van der Waals surface area contributed by atoms with Gasteiger partial charge in [-0.1, -0.05) is 85.3 Å². The highest BCUT2D eigenvalue weighted by atomic mass is 31.2. The van der Waals surface area contributed by atoms with Gasteiger partial charge in [-0.25, -0.2) is 4.67 Å². The predicted octanol–water partition coefficient (Wildman–Crippen LogP) is 7.75. The third kappa shape index (κ3) is 3.97. The van der Waals surface area contributed by atoms with Crippen LogP contribution in [0.5, 0.6) is 11.5 Å². The Morgan fingerprint density at radius 1 is 0.639 bits per heavy atom. The molecule has 5 heteroatoms. The number of phenols is 1. The Labute approximate surface area is 211 Å². The lowest BCUT2D eigenvalue weighted by Gasteiger charge is -2.34. The SMILES string of the molecule is O=P(Oc1ccc2ccccc2c1-c1c(O)ccc2ccccc12)(c1ccccc1)N1CCCCC1. The van der Waals surface area contributed by atoms with Gasteiger partial charge in [0.15, 0.2) is 0 Å². The zero-order valence-corrected chi connectivity index (χ0v) is 20.9. The van der Waals surface area contributed by atoms with E-state index in [1.807, 2.05) is 102 Å². The van der Waals surface area contributed by atoms with Crippen LogP contribution in [0.3, 0.4) is 0 Å². The number of nitrogens with zero attached hydrogens (tertiary/aromatic N) is 1. The summed E-state index contributed by atoms with van der Waals surface area (Å²) >= 11 is 0. The maximum Gasteiger partial charge on any atom is 0.349 e. The van der Waals surface area contributed by atoms with Crippen molar-refractivity contribution >= 4 is 34.4 Å². The van der Waals surface area contributed by atoms with E-state index < -0.39 is 7.52 Å². The fourth-order valence-electron chi connectivity index (χ4n) is 5.27. The Balaban J connectivity index is 1.61. The Morgan fingerprint density at radius 3 is 1.92 bits per heavy atom. The molecular formula is C31H28NO3P. The van der Waals surface area contributed by atoms with Crippen LogP contribution in [0.15, 0.2) is 103 Å². The smallest absolute Gasteiger partial charge is 0.349 e. The summed E-state index contributed by atoms with van der Waals surface area (Å²) < 4.78 is 23.6. The number of hydrogen-bond acceptors (Lipinski definition) is 3. The fourth-order valence-corrected chi connectivity index (χ4v) is 7.60. The normalized spacial score (nSPS) is 16.1. The summed E-state index contributed by atoms with van der Waals surface area (Å²) in [6.07, 6.45) is 3.13. The number of fused-ring (bicyclic) bond motifs is 2. The zero-order chi connectivity index (χ0) is 24.5. The van der Waals surface area contributed by atoms with Crippen LogP contribution in [-0.2, 0) is 4.57 Å². The summed E-state index contributed by atoms with van der Waals surface area (Å²) in [6.45, 7) is 1.46. The number of rotatable bonds is 5.